The van der Waals surface area contributed by atoms with Gasteiger partial charge in [-0.3, -0.25) is 4.90 Å². The molecule has 0 saturated carbocycles. The SMILES string of the molecule is CS(=O)(=O)c1ccc(Nc2nc(N3CCC[C@@H](N4CCN(c5cccc(Cl)c5)C4=O)C3)cnc2C#N)cc1. The van der Waals surface area contributed by atoms with E-state index in [0.29, 0.717) is 36.2 Å². The molecule has 0 aliphatic carbocycles. The number of benzene rings is 2. The Labute approximate surface area is 226 Å². The minimum Gasteiger partial charge on any atom is -0.353 e. The average molecular weight is 552 g/mol. The van der Waals surface area contributed by atoms with Crippen molar-refractivity contribution in [2.45, 2.75) is 23.8 Å². The molecule has 3 aromatic rings. The number of nitrogens with zero attached hydrogens (tertiary/aromatic N) is 6. The number of hydrogen-bond acceptors (Lipinski definition) is 8. The van der Waals surface area contributed by atoms with E-state index in [1.54, 1.807) is 35.4 Å². The second kappa shape index (κ2) is 10.5. The maximum absolute atomic E-state index is 13.3. The lowest BCUT2D eigenvalue weighted by Gasteiger charge is -2.38. The Kier molecular flexibility index (Phi) is 7.10. The van der Waals surface area contributed by atoms with Crippen LogP contribution in [0.5, 0.6) is 0 Å². The topological polar surface area (TPSA) is 123 Å². The summed E-state index contributed by atoms with van der Waals surface area (Å²) >= 11 is 6.13. The van der Waals surface area contributed by atoms with Crippen LogP contribution in [-0.2, 0) is 9.84 Å². The monoisotopic (exact) mass is 551 g/mol. The molecule has 12 heteroatoms. The molecule has 38 heavy (non-hydrogen) atoms. The molecule has 3 heterocycles. The number of nitrogens with one attached hydrogen (secondary N) is 1. The fraction of sp³-hybridized carbons (Fsp3) is 0.308. The number of sulfone groups is 1. The standard InChI is InChI=1S/C26H26ClN7O3S/c1-38(36,37)22-9-7-19(8-10-22)30-25-23(15-28)29-16-24(31-25)32-11-3-6-21(17-32)34-13-12-33(26(34)35)20-5-2-4-18(27)14-20/h2,4-5,7-10,14,16,21H,3,6,11-13,17H2,1H3,(H,30,31)/t21-/m1/s1. The lowest BCUT2D eigenvalue weighted by molar-refractivity contribution is 0.192. The molecule has 2 amide bonds. The number of halogens is 1. The maximum atomic E-state index is 13.3. The molecule has 10 nitrogen and oxygen atoms in total. The third-order valence-electron chi connectivity index (χ3n) is 6.73. The summed E-state index contributed by atoms with van der Waals surface area (Å²) in [5.74, 6) is 0.880. The van der Waals surface area contributed by atoms with Gasteiger partial charge in [0.15, 0.2) is 21.3 Å². The van der Waals surface area contributed by atoms with Gasteiger partial charge in [0, 0.05) is 48.8 Å². The molecule has 1 aromatic heterocycles. The summed E-state index contributed by atoms with van der Waals surface area (Å²) in [4.78, 5) is 28.2. The zero-order valence-electron chi connectivity index (χ0n) is 20.7. The Balaban J connectivity index is 1.32. The molecule has 0 radical (unpaired) electrons. The zero-order valence-corrected chi connectivity index (χ0v) is 22.3. The van der Waals surface area contributed by atoms with Crippen LogP contribution in [-0.4, -0.2) is 67.8 Å². The fourth-order valence-corrected chi connectivity index (χ4v) is 5.63. The lowest BCUT2D eigenvalue weighted by atomic mass is 10.0. The van der Waals surface area contributed by atoms with Crippen LogP contribution in [0.4, 0.5) is 27.8 Å². The smallest absolute Gasteiger partial charge is 0.324 e. The van der Waals surface area contributed by atoms with Gasteiger partial charge in [-0.1, -0.05) is 17.7 Å². The first kappa shape index (κ1) is 25.8. The van der Waals surface area contributed by atoms with E-state index in [-0.39, 0.29) is 28.5 Å². The van der Waals surface area contributed by atoms with Gasteiger partial charge < -0.3 is 15.1 Å². The van der Waals surface area contributed by atoms with E-state index in [0.717, 1.165) is 31.3 Å². The normalized spacial score (nSPS) is 18.0. The van der Waals surface area contributed by atoms with Crippen molar-refractivity contribution in [1.29, 1.82) is 5.26 Å². The van der Waals surface area contributed by atoms with Gasteiger partial charge in [-0.2, -0.15) is 5.26 Å². The molecule has 0 spiro atoms. The molecule has 2 aliphatic rings. The first-order chi connectivity index (χ1) is 18.2. The predicted molar refractivity (Wildman–Crippen MR) is 146 cm³/mol. The van der Waals surface area contributed by atoms with Crippen molar-refractivity contribution in [2.24, 2.45) is 0 Å². The lowest BCUT2D eigenvalue weighted by Crippen LogP contribution is -2.49. The predicted octanol–water partition coefficient (Wildman–Crippen LogP) is 4.06. The molecular weight excluding hydrogens is 526 g/mol. The van der Waals surface area contributed by atoms with Crippen LogP contribution in [0, 0.1) is 11.3 Å². The highest BCUT2D eigenvalue weighted by Crippen LogP contribution is 2.29. The van der Waals surface area contributed by atoms with Crippen molar-refractivity contribution in [1.82, 2.24) is 14.9 Å². The summed E-state index contributed by atoms with van der Waals surface area (Å²) in [6.45, 7) is 2.57. The van der Waals surface area contributed by atoms with Gasteiger partial charge in [0.2, 0.25) is 0 Å². The second-order valence-corrected chi connectivity index (χ2v) is 11.8. The number of aromatic nitrogens is 2. The van der Waals surface area contributed by atoms with E-state index >= 15 is 0 Å². The maximum Gasteiger partial charge on any atom is 0.324 e. The first-order valence-electron chi connectivity index (χ1n) is 12.2. The van der Waals surface area contributed by atoms with E-state index in [9.17, 15) is 18.5 Å². The largest absolute Gasteiger partial charge is 0.353 e. The Morgan fingerprint density at radius 3 is 2.63 bits per heavy atom. The quantitative estimate of drug-likeness (QED) is 0.486. The minimum atomic E-state index is -3.32. The molecule has 1 N–H and O–H groups in total. The zero-order chi connectivity index (χ0) is 26.9. The van der Waals surface area contributed by atoms with Gasteiger partial charge in [-0.05, 0) is 55.3 Å². The van der Waals surface area contributed by atoms with Gasteiger partial charge in [0.25, 0.3) is 0 Å². The Bertz CT molecular complexity index is 1510. The van der Waals surface area contributed by atoms with Gasteiger partial charge in [0.1, 0.15) is 11.9 Å². The highest BCUT2D eigenvalue weighted by Gasteiger charge is 2.37. The molecule has 2 saturated heterocycles. The van der Waals surface area contributed by atoms with Gasteiger partial charge in [0.05, 0.1) is 17.1 Å². The van der Waals surface area contributed by atoms with Gasteiger partial charge in [-0.15, -0.1) is 0 Å². The highest BCUT2D eigenvalue weighted by molar-refractivity contribution is 7.90. The summed E-state index contributed by atoms with van der Waals surface area (Å²) in [5, 5.41) is 13.2. The van der Waals surface area contributed by atoms with Crippen LogP contribution >= 0.6 is 11.6 Å². The van der Waals surface area contributed by atoms with Gasteiger partial charge >= 0.3 is 6.03 Å². The molecule has 2 fully saturated rings. The van der Waals surface area contributed by atoms with Crippen LogP contribution in [0.25, 0.3) is 0 Å². The first-order valence-corrected chi connectivity index (χ1v) is 14.4. The van der Waals surface area contributed by atoms with Crippen molar-refractivity contribution < 1.29 is 13.2 Å². The molecule has 196 valence electrons. The van der Waals surface area contributed by atoms with Crippen molar-refractivity contribution in [2.75, 3.05) is 47.6 Å². The number of hydrogen-bond donors (Lipinski definition) is 1. The molecule has 2 aromatic carbocycles. The molecule has 0 unspecified atom stereocenters. The molecule has 0 bridgehead atoms. The number of rotatable bonds is 6. The second-order valence-electron chi connectivity index (χ2n) is 9.31. The van der Waals surface area contributed by atoms with E-state index in [4.69, 9.17) is 11.6 Å². The number of amides is 2. The molecule has 5 rings (SSSR count). The fourth-order valence-electron chi connectivity index (χ4n) is 4.82. The Morgan fingerprint density at radius 1 is 1.13 bits per heavy atom. The van der Waals surface area contributed by atoms with Crippen LogP contribution in [0.15, 0.2) is 59.6 Å². The van der Waals surface area contributed by atoms with Crippen LogP contribution in [0.2, 0.25) is 5.02 Å². The van der Waals surface area contributed by atoms with Gasteiger partial charge in [-0.25, -0.2) is 23.2 Å². The summed E-state index contributed by atoms with van der Waals surface area (Å²) in [5.41, 5.74) is 1.50. The third-order valence-corrected chi connectivity index (χ3v) is 8.10. The van der Waals surface area contributed by atoms with Crippen LogP contribution in [0.1, 0.15) is 18.5 Å². The summed E-state index contributed by atoms with van der Waals surface area (Å²) in [6, 6.07) is 15.6. The summed E-state index contributed by atoms with van der Waals surface area (Å²) in [6.07, 6.45) is 4.48. The number of anilines is 4. The van der Waals surface area contributed by atoms with Crippen molar-refractivity contribution in [3.63, 3.8) is 0 Å². The van der Waals surface area contributed by atoms with E-state index in [2.05, 4.69) is 20.2 Å². The molecule has 1 atom stereocenters. The highest BCUT2D eigenvalue weighted by atomic mass is 35.5. The molecule has 2 aliphatic heterocycles. The number of urea groups is 1. The third kappa shape index (κ3) is 5.37. The number of piperidine rings is 1. The van der Waals surface area contributed by atoms with Crippen LogP contribution in [0.3, 0.4) is 0 Å². The number of nitriles is 1. The summed E-state index contributed by atoms with van der Waals surface area (Å²) < 4.78 is 23.5. The van der Waals surface area contributed by atoms with Crippen molar-refractivity contribution in [3.8, 4) is 6.07 Å². The van der Waals surface area contributed by atoms with Crippen LogP contribution < -0.4 is 15.1 Å². The number of carbonyl (C=O) groups excluding carboxylic acids is 1. The average Bonchev–Trinajstić information content (AvgIpc) is 3.30. The molecular formula is C26H26ClN7O3S. The Hall–Kier alpha value is -3.88. The minimum absolute atomic E-state index is 0.0119. The Morgan fingerprint density at radius 2 is 1.92 bits per heavy atom. The summed E-state index contributed by atoms with van der Waals surface area (Å²) in [7, 11) is -3.32. The van der Waals surface area contributed by atoms with Crippen molar-refractivity contribution in [3.05, 3.63) is 65.4 Å². The van der Waals surface area contributed by atoms with Crippen molar-refractivity contribution >= 4 is 50.5 Å². The van der Waals surface area contributed by atoms with E-state index in [1.165, 1.54) is 12.1 Å². The van der Waals surface area contributed by atoms with E-state index < -0.39 is 9.84 Å². The van der Waals surface area contributed by atoms with E-state index in [1.807, 2.05) is 23.1 Å². The number of carbonyl (C=O) groups is 1.